The van der Waals surface area contributed by atoms with E-state index in [0.29, 0.717) is 32.7 Å². The van der Waals surface area contributed by atoms with Crippen LogP contribution in [0.2, 0.25) is 0 Å². The van der Waals surface area contributed by atoms with Crippen LogP contribution in [0, 0.1) is 16.0 Å². The molecule has 0 saturated carbocycles. The Kier molecular flexibility index (Phi) is 4.15. The summed E-state index contributed by atoms with van der Waals surface area (Å²) in [5.41, 5.74) is 1.99. The zero-order valence-corrected chi connectivity index (χ0v) is 15.9. The number of likely N-dealkylation sites (tertiary alicyclic amines) is 1. The first kappa shape index (κ1) is 17.9. The van der Waals surface area contributed by atoms with Gasteiger partial charge in [0.05, 0.1) is 18.0 Å². The Morgan fingerprint density at radius 1 is 1.21 bits per heavy atom. The van der Waals surface area contributed by atoms with Crippen molar-refractivity contribution in [3.63, 3.8) is 0 Å². The van der Waals surface area contributed by atoms with Gasteiger partial charge in [0, 0.05) is 43.7 Å². The molecule has 0 radical (unpaired) electrons. The minimum atomic E-state index is -0.629. The number of aromatic nitrogens is 1. The fourth-order valence-corrected chi connectivity index (χ4v) is 4.88. The summed E-state index contributed by atoms with van der Waals surface area (Å²) in [6.07, 6.45) is 2.13. The van der Waals surface area contributed by atoms with Crippen molar-refractivity contribution >= 4 is 11.6 Å². The van der Waals surface area contributed by atoms with Gasteiger partial charge in [0.25, 0.3) is 0 Å². The molecule has 0 spiro atoms. The number of carbonyl (C=O) groups excluding carboxylic acids is 1. The molecule has 5 rings (SSSR count). The monoisotopic (exact) mass is 395 g/mol. The summed E-state index contributed by atoms with van der Waals surface area (Å²) in [5.74, 6) is 1.10. The summed E-state index contributed by atoms with van der Waals surface area (Å²) >= 11 is 0. The van der Waals surface area contributed by atoms with Gasteiger partial charge in [-0.2, -0.15) is 0 Å². The summed E-state index contributed by atoms with van der Waals surface area (Å²) in [5, 5.41) is 11.1. The molecular formula is C21H21N3O5. The largest absolute Gasteiger partial charge is 0.493 e. The van der Waals surface area contributed by atoms with Crippen molar-refractivity contribution in [1.29, 1.82) is 0 Å². The number of fused-ring (bicyclic) bond motifs is 5. The van der Waals surface area contributed by atoms with Gasteiger partial charge in [-0.25, -0.2) is 0 Å². The van der Waals surface area contributed by atoms with Crippen LogP contribution in [0.15, 0.2) is 35.1 Å². The number of hydrogen-bond acceptors (Lipinski definition) is 5. The third kappa shape index (κ3) is 3.08. The highest BCUT2D eigenvalue weighted by molar-refractivity contribution is 5.79. The molecule has 0 N–H and O–H groups in total. The molecule has 8 nitrogen and oxygen atoms in total. The van der Waals surface area contributed by atoms with Crippen molar-refractivity contribution in [2.24, 2.45) is 5.92 Å². The molecule has 1 fully saturated rings. The second-order valence-electron chi connectivity index (χ2n) is 8.13. The number of amides is 1. The Hall–Kier alpha value is -3.16. The fraction of sp³-hybridized carbons (Fsp3) is 0.429. The topological polar surface area (TPSA) is 94.7 Å². The summed E-state index contributed by atoms with van der Waals surface area (Å²) in [6.45, 7) is 2.22. The van der Waals surface area contributed by atoms with Crippen molar-refractivity contribution in [1.82, 2.24) is 9.47 Å². The van der Waals surface area contributed by atoms with Crippen molar-refractivity contribution in [3.8, 4) is 5.75 Å². The molecule has 3 aliphatic rings. The maximum absolute atomic E-state index is 12.9. The highest BCUT2D eigenvalue weighted by atomic mass is 16.6. The number of nitro groups is 1. The van der Waals surface area contributed by atoms with Crippen LogP contribution in [0.1, 0.15) is 29.2 Å². The average molecular weight is 395 g/mol. The van der Waals surface area contributed by atoms with Gasteiger partial charge in [0.1, 0.15) is 5.75 Å². The third-order valence-electron chi connectivity index (χ3n) is 6.25. The van der Waals surface area contributed by atoms with Crippen LogP contribution < -0.4 is 10.3 Å². The van der Waals surface area contributed by atoms with E-state index < -0.39 is 10.5 Å². The number of ether oxygens (including phenoxy) is 1. The SMILES string of the molecule is O=C(Cc1ccc2c(c1)OCC2)N1C[C@@H]2C[C@H](C1)c1ccc([N+](=O)[O-])c(=O)n1C2. The highest BCUT2D eigenvalue weighted by Crippen LogP contribution is 2.36. The molecule has 1 aromatic heterocycles. The Labute approximate surface area is 166 Å². The number of benzene rings is 1. The van der Waals surface area contributed by atoms with Crippen LogP contribution in [-0.4, -0.2) is 40.0 Å². The molecule has 29 heavy (non-hydrogen) atoms. The van der Waals surface area contributed by atoms with Crippen LogP contribution in [0.25, 0.3) is 0 Å². The molecule has 8 heteroatoms. The first-order valence-corrected chi connectivity index (χ1v) is 9.90. The molecule has 0 unspecified atom stereocenters. The van der Waals surface area contributed by atoms with Crippen LogP contribution in [-0.2, 0) is 24.2 Å². The van der Waals surface area contributed by atoms with Crippen molar-refractivity contribution < 1.29 is 14.5 Å². The lowest BCUT2D eigenvalue weighted by Gasteiger charge is -2.42. The normalized spacial score (nSPS) is 21.9. The Morgan fingerprint density at radius 2 is 2.07 bits per heavy atom. The lowest BCUT2D eigenvalue weighted by molar-refractivity contribution is -0.386. The van der Waals surface area contributed by atoms with Gasteiger partial charge in [0.15, 0.2) is 0 Å². The average Bonchev–Trinajstić information content (AvgIpc) is 3.16. The molecule has 150 valence electrons. The van der Waals surface area contributed by atoms with Crippen molar-refractivity contribution in [2.45, 2.75) is 31.7 Å². The summed E-state index contributed by atoms with van der Waals surface area (Å²) < 4.78 is 7.14. The summed E-state index contributed by atoms with van der Waals surface area (Å²) in [6, 6.07) is 8.95. The van der Waals surface area contributed by atoms with Gasteiger partial charge < -0.3 is 14.2 Å². The molecule has 1 amide bonds. The standard InChI is InChI=1S/C21H21N3O5/c25-20(9-13-1-2-15-5-6-29-19(15)8-13)22-10-14-7-16(12-22)17-3-4-18(24(27)28)21(26)23(17)11-14/h1-4,8,14,16H,5-7,9-12H2/t14-,16+/m0/s1. The molecule has 3 aliphatic heterocycles. The van der Waals surface area contributed by atoms with E-state index in [9.17, 15) is 19.7 Å². The Balaban J connectivity index is 1.35. The lowest BCUT2D eigenvalue weighted by Crippen LogP contribution is -2.49. The molecule has 2 aromatic rings. The van der Waals surface area contributed by atoms with Crippen LogP contribution in [0.4, 0.5) is 5.69 Å². The third-order valence-corrected chi connectivity index (χ3v) is 6.25. The number of nitrogens with zero attached hydrogens (tertiary/aromatic N) is 3. The Morgan fingerprint density at radius 3 is 2.90 bits per heavy atom. The highest BCUT2D eigenvalue weighted by Gasteiger charge is 2.37. The van der Waals surface area contributed by atoms with Crippen molar-refractivity contribution in [3.05, 3.63) is 67.6 Å². The van der Waals surface area contributed by atoms with Gasteiger partial charge in [-0.1, -0.05) is 12.1 Å². The lowest BCUT2D eigenvalue weighted by atomic mass is 9.83. The maximum atomic E-state index is 12.9. The second kappa shape index (κ2) is 6.72. The van der Waals surface area contributed by atoms with Crippen molar-refractivity contribution in [2.75, 3.05) is 19.7 Å². The molecule has 1 aromatic carbocycles. The molecule has 2 bridgehead atoms. The molecule has 4 heterocycles. The van der Waals surface area contributed by atoms with E-state index in [0.717, 1.165) is 29.8 Å². The zero-order chi connectivity index (χ0) is 20.1. The van der Waals surface area contributed by atoms with Crippen LogP contribution in [0.5, 0.6) is 5.75 Å². The summed E-state index contributed by atoms with van der Waals surface area (Å²) in [7, 11) is 0. The number of hydrogen-bond donors (Lipinski definition) is 0. The minimum absolute atomic E-state index is 0.0308. The predicted octanol–water partition coefficient (Wildman–Crippen LogP) is 1.88. The number of piperidine rings is 1. The molecule has 0 aliphatic carbocycles. The van der Waals surface area contributed by atoms with E-state index in [2.05, 4.69) is 0 Å². The Bertz CT molecular complexity index is 1080. The van der Waals surface area contributed by atoms with Gasteiger partial charge in [0.2, 0.25) is 5.91 Å². The van der Waals surface area contributed by atoms with Gasteiger partial charge in [-0.3, -0.25) is 19.7 Å². The van der Waals surface area contributed by atoms with E-state index in [4.69, 9.17) is 4.74 Å². The van der Waals surface area contributed by atoms with Crippen LogP contribution in [0.3, 0.4) is 0 Å². The molecular weight excluding hydrogens is 374 g/mol. The molecule has 2 atom stereocenters. The van der Waals surface area contributed by atoms with E-state index >= 15 is 0 Å². The quantitative estimate of drug-likeness (QED) is 0.584. The second-order valence-corrected chi connectivity index (χ2v) is 8.13. The molecule has 1 saturated heterocycles. The van der Waals surface area contributed by atoms with E-state index in [1.165, 1.54) is 16.2 Å². The van der Waals surface area contributed by atoms with Gasteiger partial charge >= 0.3 is 11.2 Å². The number of rotatable bonds is 3. The van der Waals surface area contributed by atoms with Gasteiger partial charge in [-0.05, 0) is 35.6 Å². The van der Waals surface area contributed by atoms with Gasteiger partial charge in [-0.15, -0.1) is 0 Å². The number of carbonyl (C=O) groups is 1. The number of pyridine rings is 1. The van der Waals surface area contributed by atoms with Crippen LogP contribution >= 0.6 is 0 Å². The fourth-order valence-electron chi connectivity index (χ4n) is 4.88. The smallest absolute Gasteiger partial charge is 0.334 e. The zero-order valence-electron chi connectivity index (χ0n) is 15.9. The predicted molar refractivity (Wildman–Crippen MR) is 104 cm³/mol. The van der Waals surface area contributed by atoms with E-state index in [1.807, 2.05) is 23.1 Å². The summed E-state index contributed by atoms with van der Waals surface area (Å²) in [4.78, 5) is 37.7. The van der Waals surface area contributed by atoms with E-state index in [1.54, 1.807) is 6.07 Å². The van der Waals surface area contributed by atoms with E-state index in [-0.39, 0.29) is 23.4 Å². The first-order valence-electron chi connectivity index (χ1n) is 9.90. The maximum Gasteiger partial charge on any atom is 0.334 e. The minimum Gasteiger partial charge on any atom is -0.493 e. The first-order chi connectivity index (χ1) is 14.0.